The molecule has 0 bridgehead atoms. The first-order chi connectivity index (χ1) is 59.1. The smallest absolute Gasteiger partial charge is 0.411 e. The minimum absolute atomic E-state index is 0. The Kier molecular flexibility index (Phi) is 35.5. The van der Waals surface area contributed by atoms with Gasteiger partial charge in [0.15, 0.2) is 9.79 Å². The van der Waals surface area contributed by atoms with Crippen LogP contribution in [0.15, 0.2) is 154 Å². The van der Waals surface area contributed by atoms with Crippen LogP contribution < -0.4 is 56.1 Å². The number of nitro benzene ring substituents is 2. The highest BCUT2D eigenvalue weighted by atomic mass is 32.2. The Bertz CT molecular complexity index is 5110. The van der Waals surface area contributed by atoms with Crippen molar-refractivity contribution in [2.24, 2.45) is 11.8 Å². The fraction of sp³-hybridized carbons (Fsp3) is 0.537. The monoisotopic (exact) mass is 1840 g/mol. The van der Waals surface area contributed by atoms with Crippen LogP contribution in [0.1, 0.15) is 175 Å². The van der Waals surface area contributed by atoms with Crippen molar-refractivity contribution in [3.8, 4) is 0 Å². The number of carboxylic acids is 1. The molecule has 126 heavy (non-hydrogen) atoms. The van der Waals surface area contributed by atoms with Crippen molar-refractivity contribution in [1.29, 1.82) is 0 Å². The zero-order valence-corrected chi connectivity index (χ0v) is 73.6. The molecule has 6 aliphatic rings. The van der Waals surface area contributed by atoms with Gasteiger partial charge in [-0.05, 0) is 160 Å². The number of carbonyl (C=O) groups excluding carboxylic acids is 7. The highest BCUT2D eigenvalue weighted by Gasteiger charge is 2.63. The van der Waals surface area contributed by atoms with Crippen molar-refractivity contribution in [3.63, 3.8) is 0 Å². The van der Waals surface area contributed by atoms with Gasteiger partial charge in [-0.3, -0.25) is 44.3 Å². The third-order valence-corrected chi connectivity index (χ3v) is 28.3. The first-order valence-corrected chi connectivity index (χ1v) is 47.5. The van der Waals surface area contributed by atoms with E-state index in [1.807, 2.05) is 0 Å². The molecule has 10 rings (SSSR count). The number of hydrogen-bond donors (Lipinski definition) is 13. The number of aliphatic hydroxyl groups excluding tert-OH is 1. The van der Waals surface area contributed by atoms with Gasteiger partial charge in [0, 0.05) is 62.2 Å². The number of ether oxygens (including phenoxy) is 3. The summed E-state index contributed by atoms with van der Waals surface area (Å²) in [5, 5.41) is 62.1. The third-order valence-electron chi connectivity index (χ3n) is 22.3. The van der Waals surface area contributed by atoms with Gasteiger partial charge in [-0.15, -0.1) is 13.2 Å². The molecule has 692 valence electrons. The summed E-state index contributed by atoms with van der Waals surface area (Å²) < 4.78 is 133. The summed E-state index contributed by atoms with van der Waals surface area (Å²) in [6.45, 7) is 16.2. The van der Waals surface area contributed by atoms with Crippen molar-refractivity contribution in [2.45, 2.75) is 260 Å². The molecule has 2 saturated heterocycles. The Morgan fingerprint density at radius 3 is 1.37 bits per heavy atom. The fourth-order valence-electron chi connectivity index (χ4n) is 15.6. The van der Waals surface area contributed by atoms with Crippen LogP contribution in [0.5, 0.6) is 0 Å². The van der Waals surface area contributed by atoms with Crippen LogP contribution in [0.2, 0.25) is 0 Å². The van der Waals surface area contributed by atoms with E-state index in [4.69, 9.17) is 14.2 Å². The molecule has 0 unspecified atom stereocenters. The lowest BCUT2D eigenvalue weighted by molar-refractivity contribution is -0.388. The predicted molar refractivity (Wildman–Crippen MR) is 461 cm³/mol. The lowest BCUT2D eigenvalue weighted by Gasteiger charge is -2.29. The van der Waals surface area contributed by atoms with Crippen LogP contribution in [0.25, 0.3) is 0 Å². The molecule has 2 heterocycles. The second-order valence-electron chi connectivity index (χ2n) is 32.9. The number of likely N-dealkylation sites (tertiary alicyclic amines) is 1. The Hall–Kier alpha value is -10.9. The number of amides is 7. The standard InChI is InChI=1S/C43H59N7O14S2.C39H53N7O11S2.H2O/c1-5-28-26-43(28,46-37(51)34-25-29(27-49(34)41(56)64-42(2,3)4)47-66(61,62)36-23-15-13-21-33(36)50(57)58)39(54)48-65(59,60)35-22-14-12-19-31(35)44-24-16-8-6-7-9-20-32(38(52)53)45-40(55)63-30-17-10-11-18-30;1-3-27-24-39(27,43-36(48)32-23-28(25-41-32)44-59(55,56)35-21-13-11-19-33(35)46(51)52)37(49)45-58(53,54)34-20-12-10-18-31(34)40-22-14-6-4-5-7-17-30(26(2)47)42-38(50)57-29-15-8-9-16-29;/h5,12-15,19,21-23,28-30,32,34,44,47H,1,6-11,16-18,20,24-27H2,2-4H3,(H,45,55)(H,46,51)(H,48,54)(H,52,53);3,10-13,18-21,27-30,32,40-41,44,47H,1-2,4-9,14-17,22-25H2,(H,42,50)(H,43,48)(H,45,49);1H2/t28-,29-,32+,34+,43-;27-,28-,30+,32+,39-;/m11./s1. The van der Waals surface area contributed by atoms with Gasteiger partial charge in [-0.2, -0.15) is 0 Å². The van der Waals surface area contributed by atoms with Gasteiger partial charge >= 0.3 is 24.2 Å². The lowest BCUT2D eigenvalue weighted by Crippen LogP contribution is -2.56. The number of benzene rings is 4. The number of para-hydroxylation sites is 4. The van der Waals surface area contributed by atoms with Crippen LogP contribution in [0.4, 0.5) is 37.1 Å². The zero-order valence-electron chi connectivity index (χ0n) is 70.3. The molecule has 4 saturated carbocycles. The van der Waals surface area contributed by atoms with E-state index in [0.29, 0.717) is 45.2 Å². The Morgan fingerprint density at radius 2 is 0.952 bits per heavy atom. The molecule has 0 radical (unpaired) electrons. The molecule has 4 aromatic carbocycles. The van der Waals surface area contributed by atoms with Crippen molar-refractivity contribution < 1.29 is 112 Å². The number of unbranched alkanes of at least 4 members (excludes halogenated alkanes) is 8. The van der Waals surface area contributed by atoms with Crippen molar-refractivity contribution in [1.82, 2.24) is 50.4 Å². The second-order valence-corrected chi connectivity index (χ2v) is 39.5. The van der Waals surface area contributed by atoms with Gasteiger partial charge in [0.05, 0.1) is 33.3 Å². The fourth-order valence-corrected chi connectivity index (χ4v) is 20.8. The average molecular weight is 1840 g/mol. The number of nitrogens with one attached hydrogen (secondary N) is 11. The average Bonchev–Trinajstić information content (AvgIpc) is 1.58. The first kappa shape index (κ1) is 101. The van der Waals surface area contributed by atoms with Crippen molar-refractivity contribution in [3.05, 3.63) is 155 Å². The summed E-state index contributed by atoms with van der Waals surface area (Å²) in [5.74, 6) is -6.16. The SMILES string of the molecule is C=C[C@@H]1C[C@]1(NC(=O)[C@@H]1C[C@@H](NS(=O)(=O)c2ccccc2[N+](=O)[O-])CN1)C(=O)NS(=O)(=O)c1ccccc1NCCCCCCC[C@H](NC(=O)OC1CCCC1)C(=C)O.C=C[C@@H]1C[C@]1(NC(=O)[C@@H]1C[C@@H](NS(=O)(=O)c2ccccc2[N+](=O)[O-])CN1C(=O)OC(C)(C)C)C(=O)NS(=O)(=O)c1ccccc1NCCCCCCC[C@H](NC(=O)OC1CCCC1)C(=O)O.O. The quantitative estimate of drug-likeness (QED) is 0.00499. The molecule has 10 atom stereocenters. The summed E-state index contributed by atoms with van der Waals surface area (Å²) >= 11 is 0. The number of nitro groups is 2. The predicted octanol–water partition coefficient (Wildman–Crippen LogP) is 7.90. The van der Waals surface area contributed by atoms with Crippen LogP contribution in [0, 0.1) is 32.1 Å². The van der Waals surface area contributed by atoms with Crippen LogP contribution in [-0.2, 0) is 78.3 Å². The maximum atomic E-state index is 14.1. The molecule has 4 aliphatic carbocycles. The number of anilines is 2. The number of aliphatic carboxylic acids is 1. The summed E-state index contributed by atoms with van der Waals surface area (Å²) in [4.78, 5) is 125. The molecular weight excluding hydrogens is 1730 g/mol. The Morgan fingerprint density at radius 1 is 0.556 bits per heavy atom. The third kappa shape index (κ3) is 27.6. The molecule has 7 amide bonds. The normalized spacial score (nSPS) is 21.5. The molecular formula is C82H114N14O26S4. The van der Waals surface area contributed by atoms with E-state index in [0.717, 1.165) is 119 Å². The summed E-state index contributed by atoms with van der Waals surface area (Å²) in [7, 11) is -17.9. The van der Waals surface area contributed by atoms with E-state index in [2.05, 4.69) is 75.8 Å². The molecule has 0 aromatic heterocycles. The van der Waals surface area contributed by atoms with Gasteiger partial charge < -0.3 is 67.1 Å². The number of rotatable bonds is 44. The highest BCUT2D eigenvalue weighted by Crippen LogP contribution is 2.47. The molecule has 2 aliphatic heterocycles. The zero-order chi connectivity index (χ0) is 91.2. The number of nitrogens with zero attached hydrogens (tertiary/aromatic N) is 3. The van der Waals surface area contributed by atoms with E-state index in [9.17, 15) is 102 Å². The minimum Gasteiger partial charge on any atom is -0.511 e. The van der Waals surface area contributed by atoms with Gasteiger partial charge in [0.25, 0.3) is 43.2 Å². The summed E-state index contributed by atoms with van der Waals surface area (Å²) in [6, 6.07) is 15.6. The Labute approximate surface area is 732 Å². The lowest BCUT2D eigenvalue weighted by atomic mass is 10.1. The number of carbonyl (C=O) groups is 8. The Balaban J connectivity index is 0.000000311. The highest BCUT2D eigenvalue weighted by molar-refractivity contribution is 7.91. The number of sulfonamides is 4. The van der Waals surface area contributed by atoms with Crippen molar-refractivity contribution >= 4 is 111 Å². The number of alkyl carbamates (subject to hydrolysis) is 2. The molecule has 44 heteroatoms. The molecule has 4 aromatic rings. The molecule has 40 nitrogen and oxygen atoms in total. The first-order valence-electron chi connectivity index (χ1n) is 41.6. The molecule has 6 fully saturated rings. The van der Waals surface area contributed by atoms with E-state index < -0.39 is 184 Å². The summed E-state index contributed by atoms with van der Waals surface area (Å²) in [6.07, 6.45) is 15.3. The second kappa shape index (κ2) is 44.5. The van der Waals surface area contributed by atoms with E-state index >= 15 is 0 Å². The topological polar surface area (TPSA) is 595 Å². The molecule has 0 spiro atoms. The van der Waals surface area contributed by atoms with Crippen molar-refractivity contribution in [2.75, 3.05) is 36.8 Å². The van der Waals surface area contributed by atoms with E-state index in [1.165, 1.54) is 66.7 Å². The van der Waals surface area contributed by atoms with E-state index in [-0.39, 0.29) is 89.8 Å². The number of carboxylic acid groups (broad SMARTS) is 1. The maximum Gasteiger partial charge on any atom is 0.411 e. The van der Waals surface area contributed by atoms with E-state index in [1.54, 1.807) is 39.0 Å². The van der Waals surface area contributed by atoms with Gasteiger partial charge in [-0.25, -0.2) is 71.7 Å². The summed E-state index contributed by atoms with van der Waals surface area (Å²) in [5.41, 5.74) is -5.25. The van der Waals surface area contributed by atoms with Gasteiger partial charge in [0.1, 0.15) is 56.5 Å². The van der Waals surface area contributed by atoms with Crippen LogP contribution >= 0.6 is 0 Å². The maximum absolute atomic E-state index is 14.1. The number of aliphatic hydroxyl groups is 1. The largest absolute Gasteiger partial charge is 0.511 e. The van der Waals surface area contributed by atoms with Crippen LogP contribution in [0.3, 0.4) is 0 Å². The van der Waals surface area contributed by atoms with Crippen LogP contribution in [-0.4, -0.2) is 203 Å². The molecule has 15 N–H and O–H groups in total. The van der Waals surface area contributed by atoms with Gasteiger partial charge in [-0.1, -0.05) is 119 Å². The number of hydrogen-bond acceptors (Lipinski definition) is 27. The van der Waals surface area contributed by atoms with Gasteiger partial charge in [0.2, 0.25) is 31.9 Å². The minimum atomic E-state index is -4.56.